The van der Waals surface area contributed by atoms with Gasteiger partial charge in [0.1, 0.15) is 11.6 Å². The minimum atomic E-state index is -0.728. The topological polar surface area (TPSA) is 76.2 Å². The molecule has 3 N–H and O–H groups in total. The fourth-order valence-corrected chi connectivity index (χ4v) is 0.751. The number of nitrogens with two attached hydrogens (primary N) is 1. The number of carbonyl (C=O) groups excluding carboxylic acids is 1. The normalized spacial score (nSPS) is 9.75. The third-order valence-corrected chi connectivity index (χ3v) is 1.24. The maximum atomic E-state index is 12.8. The van der Waals surface area contributed by atoms with Crippen molar-refractivity contribution < 1.29 is 14.3 Å². The molecule has 0 aromatic carbocycles. The molecule has 1 amide bonds. The number of aromatic hydroxyl groups is 1. The SMILES string of the molecule is NC(=O)Cc1ncc(O)cc1F. The van der Waals surface area contributed by atoms with Gasteiger partial charge in [0.25, 0.3) is 0 Å². The maximum absolute atomic E-state index is 12.8. The Morgan fingerprint density at radius 2 is 2.42 bits per heavy atom. The van der Waals surface area contributed by atoms with E-state index in [1.807, 2.05) is 0 Å². The largest absolute Gasteiger partial charge is 0.506 e. The molecule has 0 saturated heterocycles. The molecule has 0 saturated carbocycles. The Kier molecular flexibility index (Phi) is 2.23. The van der Waals surface area contributed by atoms with Gasteiger partial charge in [-0.2, -0.15) is 0 Å². The molecule has 0 aliphatic rings. The highest BCUT2D eigenvalue weighted by Crippen LogP contribution is 2.11. The minimum absolute atomic E-state index is 0.0553. The molecule has 1 rings (SSSR count). The molecule has 0 fully saturated rings. The van der Waals surface area contributed by atoms with E-state index >= 15 is 0 Å². The van der Waals surface area contributed by atoms with Crippen molar-refractivity contribution in [3.63, 3.8) is 0 Å². The number of pyridine rings is 1. The van der Waals surface area contributed by atoms with Gasteiger partial charge in [0.2, 0.25) is 5.91 Å². The smallest absolute Gasteiger partial charge is 0.223 e. The summed E-state index contributed by atoms with van der Waals surface area (Å²) in [6.07, 6.45) is 0.799. The molecule has 12 heavy (non-hydrogen) atoms. The lowest BCUT2D eigenvalue weighted by atomic mass is 10.2. The Morgan fingerprint density at radius 1 is 1.75 bits per heavy atom. The molecule has 1 heterocycles. The van der Waals surface area contributed by atoms with Gasteiger partial charge in [-0.25, -0.2) is 4.39 Å². The molecule has 0 bridgehead atoms. The molecular formula is C7H7FN2O2. The fraction of sp³-hybridized carbons (Fsp3) is 0.143. The van der Waals surface area contributed by atoms with E-state index in [1.54, 1.807) is 0 Å². The summed E-state index contributed by atoms with van der Waals surface area (Å²) in [5, 5.41) is 8.75. The second kappa shape index (κ2) is 3.17. The van der Waals surface area contributed by atoms with Crippen molar-refractivity contribution in [3.05, 3.63) is 23.8 Å². The predicted octanol–water partition coefficient (Wildman–Crippen LogP) is -0.0459. The van der Waals surface area contributed by atoms with Crippen LogP contribution in [0.2, 0.25) is 0 Å². The summed E-state index contributed by atoms with van der Waals surface area (Å²) in [7, 11) is 0. The zero-order valence-corrected chi connectivity index (χ0v) is 6.12. The Hall–Kier alpha value is -1.65. The van der Waals surface area contributed by atoms with Crippen LogP contribution in [0, 0.1) is 5.82 Å². The first kappa shape index (κ1) is 8.45. The fourth-order valence-electron chi connectivity index (χ4n) is 0.751. The van der Waals surface area contributed by atoms with Gasteiger partial charge in [0.05, 0.1) is 18.3 Å². The van der Waals surface area contributed by atoms with Gasteiger partial charge >= 0.3 is 0 Å². The number of carbonyl (C=O) groups is 1. The van der Waals surface area contributed by atoms with Crippen LogP contribution in [0.4, 0.5) is 4.39 Å². The highest BCUT2D eigenvalue weighted by molar-refractivity contribution is 5.76. The van der Waals surface area contributed by atoms with Crippen molar-refractivity contribution in [1.29, 1.82) is 0 Å². The Balaban J connectivity index is 2.93. The van der Waals surface area contributed by atoms with Crippen LogP contribution < -0.4 is 5.73 Å². The molecular weight excluding hydrogens is 163 g/mol. The van der Waals surface area contributed by atoms with E-state index < -0.39 is 11.7 Å². The molecule has 0 aliphatic heterocycles. The monoisotopic (exact) mass is 170 g/mol. The molecule has 0 radical (unpaired) electrons. The van der Waals surface area contributed by atoms with Gasteiger partial charge in [-0.15, -0.1) is 0 Å². The summed E-state index contributed by atoms with van der Waals surface area (Å²) in [5.74, 6) is -1.67. The lowest BCUT2D eigenvalue weighted by molar-refractivity contribution is -0.117. The van der Waals surface area contributed by atoms with E-state index in [0.29, 0.717) is 0 Å². The zero-order chi connectivity index (χ0) is 9.14. The Morgan fingerprint density at radius 3 is 2.92 bits per heavy atom. The van der Waals surface area contributed by atoms with Gasteiger partial charge in [0.15, 0.2) is 0 Å². The van der Waals surface area contributed by atoms with Crippen molar-refractivity contribution in [1.82, 2.24) is 4.98 Å². The van der Waals surface area contributed by atoms with Gasteiger partial charge < -0.3 is 10.8 Å². The van der Waals surface area contributed by atoms with Gasteiger partial charge in [-0.05, 0) is 0 Å². The van der Waals surface area contributed by atoms with Crippen LogP contribution in [-0.4, -0.2) is 16.0 Å². The van der Waals surface area contributed by atoms with Crippen molar-refractivity contribution in [2.75, 3.05) is 0 Å². The quantitative estimate of drug-likeness (QED) is 0.653. The van der Waals surface area contributed by atoms with Crippen LogP contribution in [0.5, 0.6) is 5.75 Å². The summed E-state index contributed by atoms with van der Waals surface area (Å²) < 4.78 is 12.8. The Bertz CT molecular complexity index is 314. The number of amides is 1. The van der Waals surface area contributed by atoms with Crippen LogP contribution in [0.1, 0.15) is 5.69 Å². The summed E-state index contributed by atoms with van der Waals surface area (Å²) in [4.78, 5) is 13.9. The first-order valence-corrected chi connectivity index (χ1v) is 3.21. The second-order valence-corrected chi connectivity index (χ2v) is 2.27. The van der Waals surface area contributed by atoms with Crippen molar-refractivity contribution >= 4 is 5.91 Å². The van der Waals surface area contributed by atoms with Crippen LogP contribution in [-0.2, 0) is 11.2 Å². The van der Waals surface area contributed by atoms with Crippen LogP contribution >= 0.6 is 0 Å². The van der Waals surface area contributed by atoms with E-state index in [4.69, 9.17) is 10.8 Å². The van der Waals surface area contributed by atoms with Crippen LogP contribution in [0.15, 0.2) is 12.3 Å². The summed E-state index contributed by atoms with van der Waals surface area (Å²) in [5.41, 5.74) is 4.77. The molecule has 1 aromatic heterocycles. The third-order valence-electron chi connectivity index (χ3n) is 1.24. The summed E-state index contributed by atoms with van der Waals surface area (Å²) in [6.45, 7) is 0. The molecule has 1 aromatic rings. The highest BCUT2D eigenvalue weighted by Gasteiger charge is 2.07. The standard InChI is InChI=1S/C7H7FN2O2/c8-5-1-4(11)3-10-6(5)2-7(9)12/h1,3,11H,2H2,(H2,9,12). The molecule has 0 spiro atoms. The summed E-state index contributed by atoms with van der Waals surface area (Å²) in [6, 6.07) is 0.880. The van der Waals surface area contributed by atoms with Crippen LogP contribution in [0.25, 0.3) is 0 Å². The number of hydrogen-bond acceptors (Lipinski definition) is 3. The lowest BCUT2D eigenvalue weighted by Gasteiger charge is -1.98. The first-order valence-electron chi connectivity index (χ1n) is 3.21. The zero-order valence-electron chi connectivity index (χ0n) is 6.12. The molecule has 5 heteroatoms. The Labute approximate surface area is 67.8 Å². The number of nitrogens with zero attached hydrogens (tertiary/aromatic N) is 1. The molecule has 0 unspecified atom stereocenters. The van der Waals surface area contributed by atoms with Gasteiger partial charge in [-0.3, -0.25) is 9.78 Å². The van der Waals surface area contributed by atoms with E-state index in [2.05, 4.69) is 4.98 Å². The number of halogens is 1. The molecule has 0 atom stereocenters. The first-order chi connectivity index (χ1) is 5.59. The predicted molar refractivity (Wildman–Crippen MR) is 38.8 cm³/mol. The average molecular weight is 170 g/mol. The van der Waals surface area contributed by atoms with Gasteiger partial charge in [-0.1, -0.05) is 0 Å². The third kappa shape index (κ3) is 1.91. The number of aromatic nitrogens is 1. The van der Waals surface area contributed by atoms with Crippen LogP contribution in [0.3, 0.4) is 0 Å². The molecule has 4 nitrogen and oxygen atoms in total. The number of rotatable bonds is 2. The summed E-state index contributed by atoms with van der Waals surface area (Å²) >= 11 is 0. The second-order valence-electron chi connectivity index (χ2n) is 2.27. The lowest BCUT2D eigenvalue weighted by Crippen LogP contribution is -2.15. The number of hydrogen-bond donors (Lipinski definition) is 2. The number of primary amides is 1. The van der Waals surface area contributed by atoms with Crippen molar-refractivity contribution in [2.24, 2.45) is 5.73 Å². The van der Waals surface area contributed by atoms with Crippen molar-refractivity contribution in [3.8, 4) is 5.75 Å². The van der Waals surface area contributed by atoms with E-state index in [9.17, 15) is 9.18 Å². The van der Waals surface area contributed by atoms with Crippen molar-refractivity contribution in [2.45, 2.75) is 6.42 Å². The average Bonchev–Trinajstić information content (AvgIpc) is 1.94. The minimum Gasteiger partial charge on any atom is -0.506 e. The highest BCUT2D eigenvalue weighted by atomic mass is 19.1. The van der Waals surface area contributed by atoms with Gasteiger partial charge in [0, 0.05) is 6.07 Å². The maximum Gasteiger partial charge on any atom is 0.223 e. The van der Waals surface area contributed by atoms with E-state index in [1.165, 1.54) is 0 Å². The van der Waals surface area contributed by atoms with E-state index in [0.717, 1.165) is 12.3 Å². The molecule has 0 aliphatic carbocycles. The molecule has 64 valence electrons. The van der Waals surface area contributed by atoms with E-state index in [-0.39, 0.29) is 17.9 Å².